The van der Waals surface area contributed by atoms with Crippen molar-refractivity contribution in [2.75, 3.05) is 6.54 Å². The fraction of sp³-hybridized carbons (Fsp3) is 0.417. The highest BCUT2D eigenvalue weighted by atomic mass is 32.1. The second-order valence-corrected chi connectivity index (χ2v) is 5.09. The lowest BCUT2D eigenvalue weighted by atomic mass is 10.1. The van der Waals surface area contributed by atoms with Gasteiger partial charge in [0.2, 0.25) is 0 Å². The van der Waals surface area contributed by atoms with E-state index in [1.165, 1.54) is 4.88 Å². The normalized spacial score (nSPS) is 13.2. The van der Waals surface area contributed by atoms with E-state index in [1.807, 2.05) is 12.4 Å². The van der Waals surface area contributed by atoms with Crippen molar-refractivity contribution < 1.29 is 0 Å². The first-order valence-corrected chi connectivity index (χ1v) is 6.38. The van der Waals surface area contributed by atoms with Gasteiger partial charge >= 0.3 is 0 Å². The van der Waals surface area contributed by atoms with E-state index in [9.17, 15) is 0 Å². The van der Waals surface area contributed by atoms with E-state index in [-0.39, 0.29) is 6.04 Å². The van der Waals surface area contributed by atoms with Crippen LogP contribution in [0.1, 0.15) is 36.5 Å². The van der Waals surface area contributed by atoms with Gasteiger partial charge in [-0.1, -0.05) is 19.9 Å². The number of nitrogens with zero attached hydrogens (tertiary/aromatic N) is 2. The average Bonchev–Trinajstić information content (AvgIpc) is 2.88. The van der Waals surface area contributed by atoms with Crippen molar-refractivity contribution in [1.29, 1.82) is 0 Å². The Bertz CT molecular complexity index is 431. The van der Waals surface area contributed by atoms with Crippen LogP contribution in [0.5, 0.6) is 0 Å². The molecule has 0 fully saturated rings. The lowest BCUT2D eigenvalue weighted by Crippen LogP contribution is -2.21. The quantitative estimate of drug-likeness (QED) is 0.885. The topological polar surface area (TPSA) is 43.8 Å². The molecule has 0 saturated carbocycles. The summed E-state index contributed by atoms with van der Waals surface area (Å²) in [7, 11) is 0. The molecule has 0 radical (unpaired) electrons. The molecule has 4 heteroatoms. The van der Waals surface area contributed by atoms with Gasteiger partial charge in [-0.05, 0) is 11.4 Å². The van der Waals surface area contributed by atoms with Gasteiger partial charge in [-0.25, -0.2) is 4.98 Å². The van der Waals surface area contributed by atoms with Crippen molar-refractivity contribution in [2.45, 2.75) is 25.8 Å². The van der Waals surface area contributed by atoms with E-state index in [0.29, 0.717) is 12.5 Å². The van der Waals surface area contributed by atoms with Gasteiger partial charge in [0.05, 0.1) is 6.04 Å². The fourth-order valence-corrected chi connectivity index (χ4v) is 2.72. The zero-order chi connectivity index (χ0) is 11.5. The molecule has 2 rings (SSSR count). The highest BCUT2D eigenvalue weighted by Gasteiger charge is 2.17. The number of rotatable bonds is 4. The smallest absolute Gasteiger partial charge is 0.111 e. The predicted molar refractivity (Wildman–Crippen MR) is 67.8 cm³/mol. The van der Waals surface area contributed by atoms with Crippen LogP contribution in [0.2, 0.25) is 0 Å². The molecule has 0 amide bonds. The third kappa shape index (κ3) is 2.03. The molecular weight excluding hydrogens is 218 g/mol. The Morgan fingerprint density at radius 2 is 2.31 bits per heavy atom. The van der Waals surface area contributed by atoms with Crippen LogP contribution in [0, 0.1) is 0 Å². The van der Waals surface area contributed by atoms with Gasteiger partial charge in [0, 0.05) is 29.7 Å². The predicted octanol–water partition coefficient (Wildman–Crippen LogP) is 2.62. The number of thiophene rings is 1. The maximum atomic E-state index is 5.88. The molecule has 0 aliphatic carbocycles. The summed E-state index contributed by atoms with van der Waals surface area (Å²) < 4.78 is 2.19. The molecule has 3 nitrogen and oxygen atoms in total. The third-order valence-corrected chi connectivity index (χ3v) is 3.62. The third-order valence-electron chi connectivity index (χ3n) is 2.65. The van der Waals surface area contributed by atoms with Crippen molar-refractivity contribution in [3.8, 4) is 0 Å². The molecule has 86 valence electrons. The first-order valence-electron chi connectivity index (χ1n) is 5.50. The lowest BCUT2D eigenvalue weighted by molar-refractivity contribution is 0.555. The molecule has 16 heavy (non-hydrogen) atoms. The molecule has 1 unspecified atom stereocenters. The number of nitrogens with two attached hydrogens (primary N) is 1. The largest absolute Gasteiger partial charge is 0.328 e. The Labute approximate surface area is 99.9 Å². The molecule has 1 atom stereocenters. The molecule has 2 aromatic heterocycles. The second-order valence-electron chi connectivity index (χ2n) is 4.11. The monoisotopic (exact) mass is 235 g/mol. The second kappa shape index (κ2) is 4.80. The van der Waals surface area contributed by atoms with Gasteiger partial charge in [0.25, 0.3) is 0 Å². The zero-order valence-electron chi connectivity index (χ0n) is 9.63. The molecular formula is C12H17N3S. The summed E-state index contributed by atoms with van der Waals surface area (Å²) in [6.07, 6.45) is 3.87. The van der Waals surface area contributed by atoms with Crippen LogP contribution in [0.4, 0.5) is 0 Å². The van der Waals surface area contributed by atoms with Gasteiger partial charge < -0.3 is 10.3 Å². The first kappa shape index (κ1) is 11.4. The SMILES string of the molecule is CC(C)c1nccn1C(CN)c1cccs1. The molecule has 2 heterocycles. The molecule has 0 spiro atoms. The molecule has 0 aliphatic rings. The zero-order valence-corrected chi connectivity index (χ0v) is 10.4. The van der Waals surface area contributed by atoms with E-state index < -0.39 is 0 Å². The van der Waals surface area contributed by atoms with Crippen LogP contribution in [-0.4, -0.2) is 16.1 Å². The van der Waals surface area contributed by atoms with E-state index in [1.54, 1.807) is 11.3 Å². The van der Waals surface area contributed by atoms with Crippen LogP contribution >= 0.6 is 11.3 Å². The fourth-order valence-electron chi connectivity index (χ4n) is 1.88. The summed E-state index contributed by atoms with van der Waals surface area (Å²) in [4.78, 5) is 5.70. The summed E-state index contributed by atoms with van der Waals surface area (Å²) in [6.45, 7) is 4.91. The van der Waals surface area contributed by atoms with Crippen LogP contribution in [0.25, 0.3) is 0 Å². The van der Waals surface area contributed by atoms with Gasteiger partial charge in [0.1, 0.15) is 5.82 Å². The van der Waals surface area contributed by atoms with Crippen LogP contribution < -0.4 is 5.73 Å². The van der Waals surface area contributed by atoms with Gasteiger partial charge in [0.15, 0.2) is 0 Å². The van der Waals surface area contributed by atoms with E-state index in [4.69, 9.17) is 5.73 Å². The molecule has 0 saturated heterocycles. The van der Waals surface area contributed by atoms with Crippen molar-refractivity contribution in [1.82, 2.24) is 9.55 Å². The van der Waals surface area contributed by atoms with Crippen molar-refractivity contribution in [2.24, 2.45) is 5.73 Å². The number of imidazole rings is 1. The minimum atomic E-state index is 0.222. The first-order chi connectivity index (χ1) is 7.74. The summed E-state index contributed by atoms with van der Waals surface area (Å²) in [5.74, 6) is 1.52. The van der Waals surface area contributed by atoms with Crippen LogP contribution in [0.3, 0.4) is 0 Å². The lowest BCUT2D eigenvalue weighted by Gasteiger charge is -2.19. The Morgan fingerprint density at radius 3 is 2.88 bits per heavy atom. The van der Waals surface area contributed by atoms with Gasteiger partial charge in [-0.2, -0.15) is 0 Å². The van der Waals surface area contributed by atoms with Crippen LogP contribution in [-0.2, 0) is 0 Å². The van der Waals surface area contributed by atoms with Crippen molar-refractivity contribution in [3.05, 3.63) is 40.6 Å². The summed E-state index contributed by atoms with van der Waals surface area (Å²) in [5, 5.41) is 2.09. The van der Waals surface area contributed by atoms with Crippen LogP contribution in [0.15, 0.2) is 29.9 Å². The summed E-state index contributed by atoms with van der Waals surface area (Å²) >= 11 is 1.75. The van der Waals surface area contributed by atoms with E-state index >= 15 is 0 Å². The summed E-state index contributed by atoms with van der Waals surface area (Å²) in [6, 6.07) is 4.42. The average molecular weight is 235 g/mol. The number of hydrogen-bond donors (Lipinski definition) is 1. The Hall–Kier alpha value is -1.13. The Balaban J connectivity index is 2.37. The van der Waals surface area contributed by atoms with Gasteiger partial charge in [-0.3, -0.25) is 0 Å². The minimum Gasteiger partial charge on any atom is -0.328 e. The van der Waals surface area contributed by atoms with Crippen molar-refractivity contribution in [3.63, 3.8) is 0 Å². The number of aromatic nitrogens is 2. The molecule has 2 N–H and O–H groups in total. The maximum Gasteiger partial charge on any atom is 0.111 e. The summed E-state index contributed by atoms with van der Waals surface area (Å²) in [5.41, 5.74) is 5.88. The van der Waals surface area contributed by atoms with E-state index in [0.717, 1.165) is 5.82 Å². The standard InChI is InChI=1S/C12H17N3S/c1-9(2)12-14-5-6-15(12)10(8-13)11-4-3-7-16-11/h3-7,9-10H,8,13H2,1-2H3. The van der Waals surface area contributed by atoms with E-state index in [2.05, 4.69) is 40.9 Å². The molecule has 0 aliphatic heterocycles. The number of hydrogen-bond acceptors (Lipinski definition) is 3. The highest BCUT2D eigenvalue weighted by Crippen LogP contribution is 2.25. The Morgan fingerprint density at radius 1 is 1.50 bits per heavy atom. The Kier molecular flexibility index (Phi) is 3.41. The molecule has 0 aromatic carbocycles. The van der Waals surface area contributed by atoms with Gasteiger partial charge in [-0.15, -0.1) is 11.3 Å². The van der Waals surface area contributed by atoms with Crippen molar-refractivity contribution >= 4 is 11.3 Å². The molecule has 2 aromatic rings. The minimum absolute atomic E-state index is 0.222. The molecule has 0 bridgehead atoms. The maximum absolute atomic E-state index is 5.88. The highest BCUT2D eigenvalue weighted by molar-refractivity contribution is 7.10.